The lowest BCUT2D eigenvalue weighted by atomic mass is 10.3. The normalized spacial score (nSPS) is 9.94. The Morgan fingerprint density at radius 3 is 2.76 bits per heavy atom. The van der Waals surface area contributed by atoms with Gasteiger partial charge in [0.2, 0.25) is 0 Å². The first kappa shape index (κ1) is 11.0. The summed E-state index contributed by atoms with van der Waals surface area (Å²) in [5, 5.41) is 6.41. The molecule has 1 N–H and O–H groups in total. The van der Waals surface area contributed by atoms with Crippen LogP contribution in [-0.2, 0) is 7.05 Å². The van der Waals surface area contributed by atoms with Crippen molar-refractivity contribution < 1.29 is 4.79 Å². The molecule has 0 saturated heterocycles. The number of hydrogen-bond acceptors (Lipinski definition) is 4. The summed E-state index contributed by atoms with van der Waals surface area (Å²) >= 11 is 0. The second kappa shape index (κ2) is 4.56. The van der Waals surface area contributed by atoms with Crippen LogP contribution in [0.2, 0.25) is 0 Å². The zero-order valence-electron chi connectivity index (χ0n) is 9.12. The van der Waals surface area contributed by atoms with E-state index >= 15 is 0 Å². The fourth-order valence-electron chi connectivity index (χ4n) is 1.24. The van der Waals surface area contributed by atoms with E-state index in [0.29, 0.717) is 5.82 Å². The minimum absolute atomic E-state index is 0.165. The number of hydrogen-bond donors (Lipinski definition) is 1. The van der Waals surface area contributed by atoms with Crippen LogP contribution in [0.5, 0.6) is 0 Å². The Morgan fingerprint density at radius 1 is 1.29 bits per heavy atom. The molecule has 0 aromatic carbocycles. The zero-order chi connectivity index (χ0) is 12.3. The molecule has 0 aliphatic carbocycles. The minimum atomic E-state index is -0.403. The van der Waals surface area contributed by atoms with Crippen molar-refractivity contribution in [3.8, 4) is 0 Å². The molecule has 0 fully saturated rings. The van der Waals surface area contributed by atoms with Crippen molar-refractivity contribution in [2.45, 2.75) is 0 Å². The van der Waals surface area contributed by atoms with Crippen LogP contribution in [0.1, 0.15) is 10.5 Å². The number of anilines is 1. The maximum absolute atomic E-state index is 11.7. The van der Waals surface area contributed by atoms with E-state index < -0.39 is 5.91 Å². The lowest BCUT2D eigenvalue weighted by Crippen LogP contribution is -2.23. The predicted molar refractivity (Wildman–Crippen MR) is 61.7 cm³/mol. The molecule has 17 heavy (non-hydrogen) atoms. The predicted octanol–water partition coefficient (Wildman–Crippen LogP) is 0.428. The number of nitrogens with one attached hydrogen (secondary N) is 1. The van der Waals surface area contributed by atoms with Gasteiger partial charge in [0.25, 0.3) is 11.5 Å². The number of rotatable bonds is 2. The molecule has 2 aromatic heterocycles. The van der Waals surface area contributed by atoms with Crippen LogP contribution in [-0.4, -0.2) is 20.7 Å². The Balaban J connectivity index is 2.21. The lowest BCUT2D eigenvalue weighted by Gasteiger charge is -2.03. The summed E-state index contributed by atoms with van der Waals surface area (Å²) in [6, 6.07) is 7.84. The standard InChI is InChI=1S/C11H10N4O2/c1-15-10(16)6-5-8(14-15)11(17)13-9-4-2-3-7-12-9/h2-7H,1H3,(H,12,13,17). The molecule has 6 nitrogen and oxygen atoms in total. The molecule has 0 radical (unpaired) electrons. The van der Waals surface area contributed by atoms with Gasteiger partial charge in [-0.25, -0.2) is 9.67 Å². The third kappa shape index (κ3) is 2.54. The van der Waals surface area contributed by atoms with Gasteiger partial charge >= 0.3 is 0 Å². The van der Waals surface area contributed by atoms with Crippen LogP contribution < -0.4 is 10.9 Å². The van der Waals surface area contributed by atoms with Crippen molar-refractivity contribution in [2.75, 3.05) is 5.32 Å². The van der Waals surface area contributed by atoms with E-state index in [4.69, 9.17) is 0 Å². The average molecular weight is 230 g/mol. The highest BCUT2D eigenvalue weighted by molar-refractivity contribution is 6.02. The quantitative estimate of drug-likeness (QED) is 0.811. The number of aromatic nitrogens is 3. The molecule has 0 unspecified atom stereocenters. The molecule has 1 amide bonds. The highest BCUT2D eigenvalue weighted by atomic mass is 16.2. The molecule has 2 rings (SSSR count). The summed E-state index contributed by atoms with van der Waals surface area (Å²) in [7, 11) is 1.49. The molecule has 0 spiro atoms. The van der Waals surface area contributed by atoms with E-state index in [2.05, 4.69) is 15.4 Å². The molecule has 2 aromatic rings. The van der Waals surface area contributed by atoms with E-state index in [-0.39, 0.29) is 11.3 Å². The van der Waals surface area contributed by atoms with Crippen molar-refractivity contribution in [3.05, 3.63) is 52.6 Å². The van der Waals surface area contributed by atoms with Gasteiger partial charge in [0.1, 0.15) is 11.5 Å². The van der Waals surface area contributed by atoms with Gasteiger partial charge in [0.05, 0.1) is 0 Å². The number of nitrogens with zero attached hydrogens (tertiary/aromatic N) is 3. The van der Waals surface area contributed by atoms with Gasteiger partial charge in [-0.1, -0.05) is 6.07 Å². The first-order valence-corrected chi connectivity index (χ1v) is 4.93. The van der Waals surface area contributed by atoms with Crippen molar-refractivity contribution in [3.63, 3.8) is 0 Å². The summed E-state index contributed by atoms with van der Waals surface area (Å²) < 4.78 is 1.10. The monoisotopic (exact) mass is 230 g/mol. The van der Waals surface area contributed by atoms with Gasteiger partial charge in [-0.15, -0.1) is 0 Å². The first-order valence-electron chi connectivity index (χ1n) is 4.93. The number of pyridine rings is 1. The molecule has 0 saturated carbocycles. The second-order valence-electron chi connectivity index (χ2n) is 3.35. The van der Waals surface area contributed by atoms with Gasteiger partial charge in [-0.05, 0) is 18.2 Å². The maximum atomic E-state index is 11.7. The van der Waals surface area contributed by atoms with E-state index in [1.807, 2.05) is 0 Å². The third-order valence-corrected chi connectivity index (χ3v) is 2.10. The molecule has 0 aliphatic rings. The van der Waals surface area contributed by atoms with Crippen LogP contribution in [0.3, 0.4) is 0 Å². The first-order chi connectivity index (χ1) is 8.16. The van der Waals surface area contributed by atoms with E-state index in [1.54, 1.807) is 24.4 Å². The fraction of sp³-hybridized carbons (Fsp3) is 0.0909. The maximum Gasteiger partial charge on any atom is 0.277 e. The number of amides is 1. The van der Waals surface area contributed by atoms with Gasteiger partial charge in [0.15, 0.2) is 0 Å². The average Bonchev–Trinajstić information content (AvgIpc) is 2.34. The van der Waals surface area contributed by atoms with Crippen molar-refractivity contribution in [1.82, 2.24) is 14.8 Å². The summed E-state index contributed by atoms with van der Waals surface area (Å²) in [4.78, 5) is 26.8. The van der Waals surface area contributed by atoms with Gasteiger partial charge in [0, 0.05) is 19.3 Å². The summed E-state index contributed by atoms with van der Waals surface area (Å²) in [5.41, 5.74) is -0.0999. The topological polar surface area (TPSA) is 76.9 Å². The van der Waals surface area contributed by atoms with E-state index in [0.717, 1.165) is 4.68 Å². The zero-order valence-corrected chi connectivity index (χ0v) is 9.12. The largest absolute Gasteiger partial charge is 0.305 e. The van der Waals surface area contributed by atoms with E-state index in [9.17, 15) is 9.59 Å². The molecule has 6 heteroatoms. The SMILES string of the molecule is Cn1nc(C(=O)Nc2ccccn2)ccc1=O. The van der Waals surface area contributed by atoms with Crippen molar-refractivity contribution in [2.24, 2.45) is 7.05 Å². The molecule has 2 heterocycles. The Kier molecular flexibility index (Phi) is 2.95. The van der Waals surface area contributed by atoms with E-state index in [1.165, 1.54) is 19.2 Å². The number of carbonyl (C=O) groups is 1. The summed E-state index contributed by atoms with van der Waals surface area (Å²) in [6.07, 6.45) is 1.57. The van der Waals surface area contributed by atoms with Crippen LogP contribution in [0.4, 0.5) is 5.82 Å². The van der Waals surface area contributed by atoms with Gasteiger partial charge in [-0.3, -0.25) is 9.59 Å². The van der Waals surface area contributed by atoms with Crippen LogP contribution in [0, 0.1) is 0 Å². The minimum Gasteiger partial charge on any atom is -0.305 e. The van der Waals surface area contributed by atoms with Crippen LogP contribution in [0.25, 0.3) is 0 Å². The van der Waals surface area contributed by atoms with Crippen LogP contribution >= 0.6 is 0 Å². The van der Waals surface area contributed by atoms with Crippen LogP contribution in [0.15, 0.2) is 41.3 Å². The number of aryl methyl sites for hydroxylation is 1. The van der Waals surface area contributed by atoms with Crippen molar-refractivity contribution >= 4 is 11.7 Å². The van der Waals surface area contributed by atoms with Crippen molar-refractivity contribution in [1.29, 1.82) is 0 Å². The third-order valence-electron chi connectivity index (χ3n) is 2.10. The fourth-order valence-corrected chi connectivity index (χ4v) is 1.24. The second-order valence-corrected chi connectivity index (χ2v) is 3.35. The Bertz CT molecular complexity index is 592. The molecule has 0 bridgehead atoms. The Labute approximate surface area is 96.9 Å². The Morgan fingerprint density at radius 2 is 2.12 bits per heavy atom. The number of carbonyl (C=O) groups excluding carboxylic acids is 1. The highest BCUT2D eigenvalue weighted by Gasteiger charge is 2.08. The van der Waals surface area contributed by atoms with Gasteiger partial charge < -0.3 is 5.32 Å². The molecule has 0 aliphatic heterocycles. The smallest absolute Gasteiger partial charge is 0.277 e. The molecule has 0 atom stereocenters. The summed E-state index contributed by atoms with van der Waals surface area (Å²) in [5.74, 6) is 0.0347. The molecular formula is C11H10N4O2. The molecular weight excluding hydrogens is 220 g/mol. The Hall–Kier alpha value is -2.50. The molecule has 86 valence electrons. The summed E-state index contributed by atoms with van der Waals surface area (Å²) in [6.45, 7) is 0. The van der Waals surface area contributed by atoms with Gasteiger partial charge in [-0.2, -0.15) is 5.10 Å². The highest BCUT2D eigenvalue weighted by Crippen LogP contribution is 2.02. The lowest BCUT2D eigenvalue weighted by molar-refractivity contribution is 0.101.